The fourth-order valence-corrected chi connectivity index (χ4v) is 3.62. The van der Waals surface area contributed by atoms with Crippen molar-refractivity contribution in [2.45, 2.75) is 0 Å². The number of nitrogens with zero attached hydrogens (tertiary/aromatic N) is 3. The molecule has 3 aromatic rings. The van der Waals surface area contributed by atoms with Crippen LogP contribution in [0.3, 0.4) is 0 Å². The summed E-state index contributed by atoms with van der Waals surface area (Å²) in [4.78, 5) is 20.7. The third kappa shape index (κ3) is 4.40. The molecule has 1 aromatic heterocycles. The van der Waals surface area contributed by atoms with E-state index < -0.39 is 23.1 Å². The highest BCUT2D eigenvalue weighted by Crippen LogP contribution is 2.34. The first-order valence-corrected chi connectivity index (χ1v) is 9.08. The summed E-state index contributed by atoms with van der Waals surface area (Å²) >= 11 is 1.27. The molecule has 2 aromatic carbocycles. The van der Waals surface area contributed by atoms with Gasteiger partial charge in [0.1, 0.15) is 28.5 Å². The first kappa shape index (κ1) is 22.0. The van der Waals surface area contributed by atoms with Gasteiger partial charge in [-0.1, -0.05) is 23.5 Å². The lowest BCUT2D eigenvalue weighted by Crippen LogP contribution is -2.37. The molecule has 1 heterocycles. The second kappa shape index (κ2) is 9.27. The summed E-state index contributed by atoms with van der Waals surface area (Å²) < 4.78 is 34.5. The minimum Gasteiger partial charge on any atom is -0.494 e. The molecule has 9 heteroatoms. The maximum Gasteiger partial charge on any atom is 0.266 e. The Hall–Kier alpha value is -2.29. The summed E-state index contributed by atoms with van der Waals surface area (Å²) in [6.07, 6.45) is 0. The largest absolute Gasteiger partial charge is 0.494 e. The van der Waals surface area contributed by atoms with E-state index in [1.165, 1.54) is 29.4 Å². The molecule has 0 atom stereocenters. The number of thiazole rings is 1. The number of methoxy groups -OCH3 is 1. The predicted molar refractivity (Wildman–Crippen MR) is 110 cm³/mol. The molecular formula is C19H20ClF2N3O2S. The summed E-state index contributed by atoms with van der Waals surface area (Å²) in [6, 6.07) is 8.83. The van der Waals surface area contributed by atoms with E-state index in [0.29, 0.717) is 22.9 Å². The highest BCUT2D eigenvalue weighted by molar-refractivity contribution is 7.22. The Morgan fingerprint density at radius 3 is 2.36 bits per heavy atom. The molecule has 28 heavy (non-hydrogen) atoms. The van der Waals surface area contributed by atoms with Gasteiger partial charge >= 0.3 is 0 Å². The average Bonchev–Trinajstić information content (AvgIpc) is 3.05. The van der Waals surface area contributed by atoms with Crippen molar-refractivity contribution in [1.82, 2.24) is 9.88 Å². The molecule has 0 saturated carbocycles. The molecule has 0 N–H and O–H groups in total. The number of anilines is 1. The van der Waals surface area contributed by atoms with Gasteiger partial charge < -0.3 is 9.64 Å². The molecule has 0 unspecified atom stereocenters. The van der Waals surface area contributed by atoms with Gasteiger partial charge in [0, 0.05) is 13.1 Å². The molecular weight excluding hydrogens is 408 g/mol. The van der Waals surface area contributed by atoms with Crippen molar-refractivity contribution < 1.29 is 18.3 Å². The second-order valence-corrected chi connectivity index (χ2v) is 7.17. The number of carbonyl (C=O) groups excluding carboxylic acids is 1. The van der Waals surface area contributed by atoms with Crippen molar-refractivity contribution >= 4 is 45.0 Å². The number of aromatic nitrogens is 1. The number of para-hydroxylation sites is 1. The number of fused-ring (bicyclic) bond motifs is 1. The van der Waals surface area contributed by atoms with E-state index in [-0.39, 0.29) is 19.0 Å². The quantitative estimate of drug-likeness (QED) is 0.591. The van der Waals surface area contributed by atoms with Crippen LogP contribution in [0.1, 0.15) is 10.4 Å². The summed E-state index contributed by atoms with van der Waals surface area (Å²) in [5.41, 5.74) is 0.0270. The molecule has 0 aliphatic carbocycles. The van der Waals surface area contributed by atoms with E-state index in [1.54, 1.807) is 6.07 Å². The zero-order chi connectivity index (χ0) is 19.6. The van der Waals surface area contributed by atoms with Crippen LogP contribution in [0, 0.1) is 11.6 Å². The zero-order valence-electron chi connectivity index (χ0n) is 15.6. The molecule has 0 aliphatic rings. The number of halogens is 3. The molecule has 0 aliphatic heterocycles. The van der Waals surface area contributed by atoms with E-state index in [0.717, 1.165) is 16.8 Å². The van der Waals surface area contributed by atoms with E-state index in [4.69, 9.17) is 4.74 Å². The molecule has 0 bridgehead atoms. The SMILES string of the molecule is COc1cccc2sc(N(CCN(C)C)C(=O)c3c(F)cccc3F)nc12.Cl. The number of hydrogen-bond acceptors (Lipinski definition) is 5. The fourth-order valence-electron chi connectivity index (χ4n) is 2.61. The Labute approximate surface area is 171 Å². The highest BCUT2D eigenvalue weighted by Gasteiger charge is 2.27. The van der Waals surface area contributed by atoms with Crippen molar-refractivity contribution in [1.29, 1.82) is 0 Å². The number of carbonyl (C=O) groups is 1. The van der Waals surface area contributed by atoms with Gasteiger partial charge in [-0.2, -0.15) is 0 Å². The Bertz CT molecular complexity index is 961. The van der Waals surface area contributed by atoms with Crippen LogP contribution in [0.5, 0.6) is 5.75 Å². The van der Waals surface area contributed by atoms with Crippen molar-refractivity contribution in [3.05, 3.63) is 53.6 Å². The minimum atomic E-state index is -0.895. The number of benzene rings is 2. The van der Waals surface area contributed by atoms with E-state index in [9.17, 15) is 13.6 Å². The molecule has 0 saturated heterocycles. The van der Waals surface area contributed by atoms with Crippen molar-refractivity contribution in [3.63, 3.8) is 0 Å². The second-order valence-electron chi connectivity index (χ2n) is 6.16. The van der Waals surface area contributed by atoms with E-state index >= 15 is 0 Å². The van der Waals surface area contributed by atoms with Crippen LogP contribution in [0.2, 0.25) is 0 Å². The van der Waals surface area contributed by atoms with Crippen LogP contribution in [-0.2, 0) is 0 Å². The van der Waals surface area contributed by atoms with Gasteiger partial charge in [0.25, 0.3) is 5.91 Å². The number of hydrogen-bond donors (Lipinski definition) is 0. The van der Waals surface area contributed by atoms with Gasteiger partial charge in [0.05, 0.1) is 11.8 Å². The van der Waals surface area contributed by atoms with Gasteiger partial charge in [0.15, 0.2) is 5.13 Å². The normalized spacial score (nSPS) is 10.8. The van der Waals surface area contributed by atoms with E-state index in [2.05, 4.69) is 4.98 Å². The third-order valence-electron chi connectivity index (χ3n) is 4.01. The summed E-state index contributed by atoms with van der Waals surface area (Å²) in [5, 5.41) is 0.365. The third-order valence-corrected chi connectivity index (χ3v) is 5.06. The van der Waals surface area contributed by atoms with Crippen molar-refractivity contribution in [2.24, 2.45) is 0 Å². The Morgan fingerprint density at radius 1 is 1.11 bits per heavy atom. The summed E-state index contributed by atoms with van der Waals surface area (Å²) in [5.74, 6) is -1.97. The predicted octanol–water partition coefficient (Wildman–Crippen LogP) is 4.21. The first-order valence-electron chi connectivity index (χ1n) is 8.26. The van der Waals surface area contributed by atoms with Crippen molar-refractivity contribution in [3.8, 4) is 5.75 Å². The fraction of sp³-hybridized carbons (Fsp3) is 0.263. The first-order chi connectivity index (χ1) is 12.9. The van der Waals surface area contributed by atoms with Crippen LogP contribution < -0.4 is 9.64 Å². The van der Waals surface area contributed by atoms with Crippen LogP contribution in [0.4, 0.5) is 13.9 Å². The number of likely N-dealkylation sites (N-methyl/N-ethyl adjacent to an activating group) is 1. The number of ether oxygens (including phenoxy) is 1. The van der Waals surface area contributed by atoms with Gasteiger partial charge in [-0.25, -0.2) is 13.8 Å². The summed E-state index contributed by atoms with van der Waals surface area (Å²) in [7, 11) is 5.25. The highest BCUT2D eigenvalue weighted by atomic mass is 35.5. The van der Waals surface area contributed by atoms with Crippen LogP contribution in [-0.4, -0.2) is 50.1 Å². The monoisotopic (exact) mass is 427 g/mol. The molecule has 1 amide bonds. The van der Waals surface area contributed by atoms with Crippen LogP contribution >= 0.6 is 23.7 Å². The van der Waals surface area contributed by atoms with Crippen LogP contribution in [0.15, 0.2) is 36.4 Å². The van der Waals surface area contributed by atoms with Crippen molar-refractivity contribution in [2.75, 3.05) is 39.2 Å². The van der Waals surface area contributed by atoms with E-state index in [1.807, 2.05) is 31.1 Å². The molecule has 5 nitrogen and oxygen atoms in total. The van der Waals surface area contributed by atoms with Gasteiger partial charge in [-0.15, -0.1) is 12.4 Å². The molecule has 0 spiro atoms. The zero-order valence-corrected chi connectivity index (χ0v) is 17.2. The van der Waals surface area contributed by atoms with Gasteiger partial charge in [0.2, 0.25) is 0 Å². The maximum atomic E-state index is 14.2. The maximum absolute atomic E-state index is 14.2. The molecule has 150 valence electrons. The molecule has 0 radical (unpaired) electrons. The Balaban J connectivity index is 0.00000280. The lowest BCUT2D eigenvalue weighted by Gasteiger charge is -2.22. The topological polar surface area (TPSA) is 45.7 Å². The molecule has 0 fully saturated rings. The average molecular weight is 428 g/mol. The lowest BCUT2D eigenvalue weighted by molar-refractivity contribution is 0.0977. The summed E-state index contributed by atoms with van der Waals surface area (Å²) in [6.45, 7) is 0.747. The smallest absolute Gasteiger partial charge is 0.266 e. The Kier molecular flexibility index (Phi) is 7.29. The van der Waals surface area contributed by atoms with Crippen LogP contribution in [0.25, 0.3) is 10.2 Å². The lowest BCUT2D eigenvalue weighted by atomic mass is 10.1. The minimum absolute atomic E-state index is 0. The Morgan fingerprint density at radius 2 is 1.75 bits per heavy atom. The van der Waals surface area contributed by atoms with Gasteiger partial charge in [-0.05, 0) is 38.4 Å². The number of rotatable bonds is 6. The van der Waals surface area contributed by atoms with Gasteiger partial charge in [-0.3, -0.25) is 9.69 Å². The molecule has 3 rings (SSSR count). The number of amides is 1. The standard InChI is InChI=1S/C19H19F2N3O2S.ClH/c1-23(2)10-11-24(18(25)16-12(20)6-4-7-13(16)21)19-22-17-14(26-3)8-5-9-15(17)27-19;/h4-9H,10-11H2,1-3H3;1H.